The van der Waals surface area contributed by atoms with Crippen LogP contribution < -0.4 is 5.32 Å². The molecule has 1 atom stereocenters. The molecule has 0 aromatic heterocycles. The molecule has 98 valence electrons. The highest BCUT2D eigenvalue weighted by Gasteiger charge is 2.19. The lowest BCUT2D eigenvalue weighted by Crippen LogP contribution is -2.25. The Kier molecular flexibility index (Phi) is 3.60. The minimum absolute atomic E-state index is 0.126. The van der Waals surface area contributed by atoms with Gasteiger partial charge in [-0.3, -0.25) is 0 Å². The molecule has 0 saturated carbocycles. The predicted molar refractivity (Wildman–Crippen MR) is 75.4 cm³/mol. The number of hydrogen-bond acceptors (Lipinski definition) is 1. The number of fused-ring (bicyclic) bond motifs is 1. The largest absolute Gasteiger partial charge is 0.306 e. The molecule has 3 rings (SSSR count). The molecular formula is C17H18FN. The van der Waals surface area contributed by atoms with Gasteiger partial charge in [-0.05, 0) is 36.5 Å². The fraction of sp³-hybridized carbons (Fsp3) is 0.294. The minimum atomic E-state index is -0.126. The highest BCUT2D eigenvalue weighted by atomic mass is 19.1. The molecule has 1 unspecified atom stereocenters. The SMILES string of the molecule is Fc1ccccc1CNC1CCCc2ccccc21. The molecule has 1 N–H and O–H groups in total. The lowest BCUT2D eigenvalue weighted by atomic mass is 9.87. The van der Waals surface area contributed by atoms with Crippen LogP contribution >= 0.6 is 0 Å². The number of nitrogens with one attached hydrogen (secondary N) is 1. The third kappa shape index (κ3) is 2.69. The van der Waals surface area contributed by atoms with E-state index in [0.29, 0.717) is 12.6 Å². The van der Waals surface area contributed by atoms with E-state index in [2.05, 4.69) is 29.6 Å². The molecule has 2 aromatic rings. The lowest BCUT2D eigenvalue weighted by Gasteiger charge is -2.26. The second kappa shape index (κ2) is 5.54. The Hall–Kier alpha value is -1.67. The van der Waals surface area contributed by atoms with Crippen molar-refractivity contribution in [1.29, 1.82) is 0 Å². The van der Waals surface area contributed by atoms with Crippen LogP contribution in [-0.4, -0.2) is 0 Å². The van der Waals surface area contributed by atoms with E-state index >= 15 is 0 Å². The Morgan fingerprint density at radius 1 is 1.05 bits per heavy atom. The molecule has 19 heavy (non-hydrogen) atoms. The molecule has 0 radical (unpaired) electrons. The summed E-state index contributed by atoms with van der Waals surface area (Å²) in [5.74, 6) is -0.126. The normalized spacial score (nSPS) is 18.1. The molecular weight excluding hydrogens is 237 g/mol. The summed E-state index contributed by atoms with van der Waals surface area (Å²) in [5, 5.41) is 3.49. The average molecular weight is 255 g/mol. The lowest BCUT2D eigenvalue weighted by molar-refractivity contribution is 0.452. The van der Waals surface area contributed by atoms with Crippen molar-refractivity contribution in [3.05, 3.63) is 71.0 Å². The second-order valence-electron chi connectivity index (χ2n) is 5.12. The van der Waals surface area contributed by atoms with Crippen molar-refractivity contribution < 1.29 is 4.39 Å². The highest BCUT2D eigenvalue weighted by molar-refractivity contribution is 5.32. The molecule has 0 saturated heterocycles. The van der Waals surface area contributed by atoms with Gasteiger partial charge in [0, 0.05) is 18.2 Å². The Morgan fingerprint density at radius 2 is 1.84 bits per heavy atom. The van der Waals surface area contributed by atoms with E-state index in [1.165, 1.54) is 23.6 Å². The molecule has 0 heterocycles. The van der Waals surface area contributed by atoms with E-state index in [1.54, 1.807) is 6.07 Å². The van der Waals surface area contributed by atoms with Crippen LogP contribution in [0.3, 0.4) is 0 Å². The number of aryl methyl sites for hydroxylation is 1. The van der Waals surface area contributed by atoms with Crippen LogP contribution in [0.4, 0.5) is 4.39 Å². The van der Waals surface area contributed by atoms with Gasteiger partial charge in [-0.1, -0.05) is 42.5 Å². The van der Waals surface area contributed by atoms with Crippen molar-refractivity contribution in [2.45, 2.75) is 31.8 Å². The summed E-state index contributed by atoms with van der Waals surface area (Å²) >= 11 is 0. The number of hydrogen-bond donors (Lipinski definition) is 1. The zero-order valence-electron chi connectivity index (χ0n) is 10.9. The smallest absolute Gasteiger partial charge is 0.127 e. The number of halogens is 1. The van der Waals surface area contributed by atoms with E-state index in [0.717, 1.165) is 18.4 Å². The Morgan fingerprint density at radius 3 is 2.74 bits per heavy atom. The van der Waals surface area contributed by atoms with Crippen LogP contribution in [-0.2, 0) is 13.0 Å². The Balaban J connectivity index is 1.73. The van der Waals surface area contributed by atoms with Crippen molar-refractivity contribution >= 4 is 0 Å². The van der Waals surface area contributed by atoms with Gasteiger partial charge in [0.1, 0.15) is 5.82 Å². The minimum Gasteiger partial charge on any atom is -0.306 e. The van der Waals surface area contributed by atoms with E-state index in [-0.39, 0.29) is 5.82 Å². The predicted octanol–water partition coefficient (Wildman–Crippen LogP) is 3.99. The molecule has 0 aliphatic heterocycles. The molecule has 0 spiro atoms. The van der Waals surface area contributed by atoms with Gasteiger partial charge < -0.3 is 5.32 Å². The fourth-order valence-electron chi connectivity index (χ4n) is 2.84. The van der Waals surface area contributed by atoms with Crippen molar-refractivity contribution in [2.24, 2.45) is 0 Å². The number of rotatable bonds is 3. The Labute approximate surface area is 113 Å². The first kappa shape index (κ1) is 12.4. The van der Waals surface area contributed by atoms with Crippen LogP contribution in [0.1, 0.15) is 35.6 Å². The van der Waals surface area contributed by atoms with Gasteiger partial charge in [0.15, 0.2) is 0 Å². The van der Waals surface area contributed by atoms with Gasteiger partial charge in [-0.25, -0.2) is 4.39 Å². The van der Waals surface area contributed by atoms with Gasteiger partial charge in [0.05, 0.1) is 0 Å². The first-order valence-electron chi connectivity index (χ1n) is 6.89. The van der Waals surface area contributed by atoms with Gasteiger partial charge in [0.25, 0.3) is 0 Å². The van der Waals surface area contributed by atoms with E-state index in [1.807, 2.05) is 12.1 Å². The molecule has 2 aromatic carbocycles. The summed E-state index contributed by atoms with van der Waals surface area (Å²) in [5.41, 5.74) is 3.55. The molecule has 1 aliphatic carbocycles. The maximum Gasteiger partial charge on any atom is 0.127 e. The molecule has 0 bridgehead atoms. The van der Waals surface area contributed by atoms with Crippen LogP contribution in [0.25, 0.3) is 0 Å². The van der Waals surface area contributed by atoms with Crippen molar-refractivity contribution in [3.8, 4) is 0 Å². The summed E-state index contributed by atoms with van der Waals surface area (Å²) < 4.78 is 13.6. The third-order valence-electron chi connectivity index (χ3n) is 3.87. The van der Waals surface area contributed by atoms with Gasteiger partial charge in [0.2, 0.25) is 0 Å². The van der Waals surface area contributed by atoms with Crippen LogP contribution in [0.15, 0.2) is 48.5 Å². The topological polar surface area (TPSA) is 12.0 Å². The Bertz CT molecular complexity index is 565. The van der Waals surface area contributed by atoms with Gasteiger partial charge >= 0.3 is 0 Å². The van der Waals surface area contributed by atoms with Crippen molar-refractivity contribution in [1.82, 2.24) is 5.32 Å². The third-order valence-corrected chi connectivity index (χ3v) is 3.87. The first-order chi connectivity index (χ1) is 9.34. The molecule has 0 amide bonds. The summed E-state index contributed by atoms with van der Waals surface area (Å²) in [4.78, 5) is 0. The van der Waals surface area contributed by atoms with Gasteiger partial charge in [-0.2, -0.15) is 0 Å². The second-order valence-corrected chi connectivity index (χ2v) is 5.12. The van der Waals surface area contributed by atoms with Gasteiger partial charge in [-0.15, -0.1) is 0 Å². The highest BCUT2D eigenvalue weighted by Crippen LogP contribution is 2.29. The summed E-state index contributed by atoms with van der Waals surface area (Å²) in [7, 11) is 0. The zero-order valence-corrected chi connectivity index (χ0v) is 10.9. The molecule has 1 aliphatic rings. The van der Waals surface area contributed by atoms with Crippen LogP contribution in [0.5, 0.6) is 0 Å². The summed E-state index contributed by atoms with van der Waals surface area (Å²) in [6.07, 6.45) is 3.49. The van der Waals surface area contributed by atoms with E-state index < -0.39 is 0 Å². The maximum atomic E-state index is 13.6. The quantitative estimate of drug-likeness (QED) is 0.874. The van der Waals surface area contributed by atoms with Crippen LogP contribution in [0, 0.1) is 5.82 Å². The van der Waals surface area contributed by atoms with Crippen LogP contribution in [0.2, 0.25) is 0 Å². The standard InChI is InChI=1S/C17H18FN/c18-16-10-4-2-7-14(16)12-19-17-11-5-8-13-6-1-3-9-15(13)17/h1-4,6-7,9-10,17,19H,5,8,11-12H2. The summed E-state index contributed by atoms with van der Waals surface area (Å²) in [6, 6.07) is 15.9. The molecule has 1 nitrogen and oxygen atoms in total. The fourth-order valence-corrected chi connectivity index (χ4v) is 2.84. The zero-order chi connectivity index (χ0) is 13.1. The molecule has 0 fully saturated rings. The van der Waals surface area contributed by atoms with Crippen molar-refractivity contribution in [3.63, 3.8) is 0 Å². The maximum absolute atomic E-state index is 13.6. The molecule has 2 heteroatoms. The summed E-state index contributed by atoms with van der Waals surface area (Å²) in [6.45, 7) is 0.589. The first-order valence-corrected chi connectivity index (χ1v) is 6.89. The van der Waals surface area contributed by atoms with Crippen molar-refractivity contribution in [2.75, 3.05) is 0 Å². The van der Waals surface area contributed by atoms with E-state index in [9.17, 15) is 4.39 Å². The average Bonchev–Trinajstić information content (AvgIpc) is 2.46. The van der Waals surface area contributed by atoms with E-state index in [4.69, 9.17) is 0 Å². The number of benzene rings is 2. The monoisotopic (exact) mass is 255 g/mol.